The summed E-state index contributed by atoms with van der Waals surface area (Å²) in [7, 11) is 0. The van der Waals surface area contributed by atoms with Gasteiger partial charge in [-0.1, -0.05) is 0 Å². The monoisotopic (exact) mass is 426 g/mol. The van der Waals surface area contributed by atoms with Crippen molar-refractivity contribution in [2.24, 2.45) is 0 Å². The van der Waals surface area contributed by atoms with E-state index in [0.29, 0.717) is 23.2 Å². The van der Waals surface area contributed by atoms with Gasteiger partial charge in [0.2, 0.25) is 11.9 Å². The zero-order valence-corrected chi connectivity index (χ0v) is 17.6. The molecule has 2 aromatic rings. The summed E-state index contributed by atoms with van der Waals surface area (Å²) in [5.74, 6) is 0.186. The Morgan fingerprint density at radius 1 is 1.30 bits per heavy atom. The summed E-state index contributed by atoms with van der Waals surface area (Å²) in [6.45, 7) is 5.77. The lowest BCUT2D eigenvalue weighted by Gasteiger charge is -2.40. The number of carbonyl (C=O) groups excluding carboxylic acids is 2. The third-order valence-electron chi connectivity index (χ3n) is 5.61. The second kappa shape index (κ2) is 7.97. The van der Waals surface area contributed by atoms with Crippen molar-refractivity contribution in [2.45, 2.75) is 38.3 Å². The van der Waals surface area contributed by atoms with Gasteiger partial charge in [-0.25, -0.2) is 19.7 Å². The molecule has 3 amide bonds. The predicted octanol–water partition coefficient (Wildman–Crippen LogP) is 1.89. The summed E-state index contributed by atoms with van der Waals surface area (Å²) in [5, 5.41) is 15.3. The number of rotatable bonds is 4. The Hall–Kier alpha value is -3.10. The third kappa shape index (κ3) is 3.96. The summed E-state index contributed by atoms with van der Waals surface area (Å²) in [6.07, 6.45) is 6.29. The first-order valence-corrected chi connectivity index (χ1v) is 10.5. The highest BCUT2D eigenvalue weighted by Gasteiger charge is 2.46. The molecule has 4 rings (SSSR count). The highest BCUT2D eigenvalue weighted by atomic mass is 32.1. The fourth-order valence-corrected chi connectivity index (χ4v) is 4.83. The van der Waals surface area contributed by atoms with E-state index in [-0.39, 0.29) is 23.5 Å². The summed E-state index contributed by atoms with van der Waals surface area (Å²) >= 11 is 1.49. The van der Waals surface area contributed by atoms with Crippen molar-refractivity contribution in [3.63, 3.8) is 0 Å². The van der Waals surface area contributed by atoms with Crippen LogP contribution in [0.4, 0.5) is 15.9 Å². The molecule has 0 aliphatic carbocycles. The summed E-state index contributed by atoms with van der Waals surface area (Å²) in [4.78, 5) is 41.3. The molecule has 0 aromatic carbocycles. The van der Waals surface area contributed by atoms with Gasteiger partial charge in [-0.05, 0) is 19.8 Å². The summed E-state index contributed by atoms with van der Waals surface area (Å²) in [5.41, 5.74) is 0.0553. The number of amides is 3. The van der Waals surface area contributed by atoms with Crippen molar-refractivity contribution in [1.82, 2.24) is 25.2 Å². The maximum absolute atomic E-state index is 12.5. The first-order valence-electron chi connectivity index (χ1n) is 9.68. The summed E-state index contributed by atoms with van der Waals surface area (Å²) in [6, 6.07) is 1.95. The number of likely N-dealkylation sites (tertiary alicyclic amines) is 1. The molecule has 1 spiro atoms. The first-order chi connectivity index (χ1) is 14.4. The van der Waals surface area contributed by atoms with E-state index < -0.39 is 0 Å². The number of urea groups is 1. The van der Waals surface area contributed by atoms with Crippen LogP contribution in [0.2, 0.25) is 0 Å². The lowest BCUT2D eigenvalue weighted by atomic mass is 9.87. The number of hydrogen-bond donors (Lipinski definition) is 2. The minimum absolute atomic E-state index is 0.128. The van der Waals surface area contributed by atoms with Gasteiger partial charge in [0.05, 0.1) is 30.0 Å². The third-order valence-corrected chi connectivity index (χ3v) is 6.69. The maximum Gasteiger partial charge on any atom is 0.324 e. The molecule has 10 nitrogen and oxygen atoms in total. The number of hydrogen-bond acceptors (Lipinski definition) is 8. The second-order valence-corrected chi connectivity index (χ2v) is 8.70. The fourth-order valence-electron chi connectivity index (χ4n) is 3.88. The molecule has 0 unspecified atom stereocenters. The fraction of sp³-hybridized carbons (Fsp3) is 0.474. The van der Waals surface area contributed by atoms with Crippen LogP contribution in [0, 0.1) is 11.3 Å². The van der Waals surface area contributed by atoms with Crippen molar-refractivity contribution < 1.29 is 9.59 Å². The second-order valence-electron chi connectivity index (χ2n) is 7.64. The van der Waals surface area contributed by atoms with Crippen molar-refractivity contribution in [3.05, 3.63) is 29.0 Å². The Bertz CT molecular complexity index is 991. The van der Waals surface area contributed by atoms with Crippen molar-refractivity contribution in [2.75, 3.05) is 29.9 Å². The zero-order chi connectivity index (χ0) is 21.3. The number of aromatic nitrogens is 3. The Morgan fingerprint density at radius 3 is 2.63 bits per heavy atom. The lowest BCUT2D eigenvalue weighted by molar-refractivity contribution is -0.114. The van der Waals surface area contributed by atoms with Gasteiger partial charge in [-0.2, -0.15) is 5.26 Å². The van der Waals surface area contributed by atoms with E-state index in [1.165, 1.54) is 30.7 Å². The lowest BCUT2D eigenvalue weighted by Crippen LogP contribution is -2.52. The van der Waals surface area contributed by atoms with Crippen LogP contribution in [0.5, 0.6) is 0 Å². The van der Waals surface area contributed by atoms with E-state index in [0.717, 1.165) is 30.8 Å². The van der Waals surface area contributed by atoms with Crippen LogP contribution < -0.4 is 15.5 Å². The normalized spacial score (nSPS) is 19.4. The number of thiazole rings is 1. The highest BCUT2D eigenvalue weighted by Crippen LogP contribution is 2.35. The van der Waals surface area contributed by atoms with E-state index in [2.05, 4.69) is 37.4 Å². The van der Waals surface area contributed by atoms with E-state index in [1.807, 2.05) is 12.3 Å². The number of anilines is 2. The number of nitrogens with zero attached hydrogens (tertiary/aromatic N) is 6. The number of nitrogens with one attached hydrogen (secondary N) is 2. The SMILES string of the molecule is CC(=O)Nc1ncc([C@@H](C)N2CCC3(CC2)CN(c2ncc(C#N)cn2)C(=O)N3)s1. The number of nitriles is 1. The van der Waals surface area contributed by atoms with Crippen molar-refractivity contribution in [1.29, 1.82) is 5.26 Å². The van der Waals surface area contributed by atoms with E-state index in [4.69, 9.17) is 5.26 Å². The van der Waals surface area contributed by atoms with Crippen LogP contribution >= 0.6 is 11.3 Å². The maximum atomic E-state index is 12.5. The molecule has 156 valence electrons. The average molecular weight is 427 g/mol. The molecule has 2 fully saturated rings. The Balaban J connectivity index is 1.39. The molecule has 4 heterocycles. The van der Waals surface area contributed by atoms with Gasteiger partial charge >= 0.3 is 6.03 Å². The Labute approximate surface area is 177 Å². The first kappa shape index (κ1) is 20.2. The van der Waals surface area contributed by atoms with Crippen LogP contribution in [0.15, 0.2) is 18.6 Å². The zero-order valence-electron chi connectivity index (χ0n) is 16.8. The van der Waals surface area contributed by atoms with Gasteiger partial charge in [0.25, 0.3) is 0 Å². The van der Waals surface area contributed by atoms with Crippen LogP contribution in [0.1, 0.15) is 43.2 Å². The molecule has 0 saturated carbocycles. The molecule has 2 aliphatic rings. The van der Waals surface area contributed by atoms with Gasteiger partial charge in [-0.3, -0.25) is 14.6 Å². The van der Waals surface area contributed by atoms with Crippen LogP contribution in [0.25, 0.3) is 0 Å². The quantitative estimate of drug-likeness (QED) is 0.764. The largest absolute Gasteiger partial charge is 0.330 e. The smallest absolute Gasteiger partial charge is 0.324 e. The molecule has 1 atom stereocenters. The minimum Gasteiger partial charge on any atom is -0.330 e. The molecule has 2 N–H and O–H groups in total. The molecule has 2 aromatic heterocycles. The van der Waals surface area contributed by atoms with Gasteiger partial charge in [-0.15, -0.1) is 11.3 Å². The number of piperidine rings is 1. The van der Waals surface area contributed by atoms with E-state index in [9.17, 15) is 9.59 Å². The Morgan fingerprint density at radius 2 is 2.00 bits per heavy atom. The molecule has 2 saturated heterocycles. The molecular weight excluding hydrogens is 404 g/mol. The molecule has 11 heteroatoms. The van der Waals surface area contributed by atoms with Crippen molar-refractivity contribution in [3.8, 4) is 6.07 Å². The predicted molar refractivity (Wildman–Crippen MR) is 111 cm³/mol. The average Bonchev–Trinajstić information content (AvgIpc) is 3.32. The van der Waals surface area contributed by atoms with Gasteiger partial charge in [0.1, 0.15) is 6.07 Å². The van der Waals surface area contributed by atoms with Crippen LogP contribution in [0.3, 0.4) is 0 Å². The van der Waals surface area contributed by atoms with Gasteiger partial charge < -0.3 is 10.6 Å². The molecule has 2 aliphatic heterocycles. The molecule has 0 radical (unpaired) electrons. The standard InChI is InChI=1S/C19H22N8O2S/c1-12(15-10-23-17(30-15)24-13(2)28)26-5-3-19(4-6-26)11-27(18(29)25-19)16-21-8-14(7-20)9-22-16/h8-10,12H,3-6,11H2,1-2H3,(H,25,29)(H,23,24,28)/t12-/m1/s1. The van der Waals surface area contributed by atoms with Crippen molar-refractivity contribution >= 4 is 34.4 Å². The van der Waals surface area contributed by atoms with Gasteiger partial charge in [0.15, 0.2) is 5.13 Å². The number of carbonyl (C=O) groups is 2. The van der Waals surface area contributed by atoms with Crippen LogP contribution in [-0.4, -0.2) is 57.0 Å². The van der Waals surface area contributed by atoms with Crippen LogP contribution in [-0.2, 0) is 4.79 Å². The topological polar surface area (TPSA) is 127 Å². The summed E-state index contributed by atoms with van der Waals surface area (Å²) < 4.78 is 0. The molecule has 0 bridgehead atoms. The molecular formula is C19H22N8O2S. The van der Waals surface area contributed by atoms with E-state index in [1.54, 1.807) is 4.90 Å². The van der Waals surface area contributed by atoms with Gasteiger partial charge in [0, 0.05) is 37.1 Å². The highest BCUT2D eigenvalue weighted by molar-refractivity contribution is 7.15. The van der Waals surface area contributed by atoms with E-state index >= 15 is 0 Å². The molecule has 30 heavy (non-hydrogen) atoms. The Kier molecular flexibility index (Phi) is 5.36. The minimum atomic E-state index is -0.306.